The average molecular weight is 316 g/mol. The van der Waals surface area contributed by atoms with Crippen LogP contribution in [0.3, 0.4) is 0 Å². The van der Waals surface area contributed by atoms with Crippen molar-refractivity contribution in [1.82, 2.24) is 0 Å². The van der Waals surface area contributed by atoms with Crippen LogP contribution in [0.25, 0.3) is 0 Å². The highest BCUT2D eigenvalue weighted by atomic mass is 32.2. The van der Waals surface area contributed by atoms with Gasteiger partial charge in [-0.3, -0.25) is 0 Å². The Morgan fingerprint density at radius 3 is 2.71 bits per heavy atom. The monoisotopic (exact) mass is 316 g/mol. The van der Waals surface area contributed by atoms with Gasteiger partial charge in [0.15, 0.2) is 0 Å². The van der Waals surface area contributed by atoms with E-state index in [-0.39, 0.29) is 6.61 Å². The fourth-order valence-electron chi connectivity index (χ4n) is 1.72. The molecule has 0 aliphatic carbocycles. The lowest BCUT2D eigenvalue weighted by Gasteiger charge is -2.09. The summed E-state index contributed by atoms with van der Waals surface area (Å²) in [5.41, 5.74) is 0.993. The highest BCUT2D eigenvalue weighted by Crippen LogP contribution is 2.32. The highest BCUT2D eigenvalue weighted by Gasteiger charge is 2.06. The van der Waals surface area contributed by atoms with Crippen LogP contribution >= 0.6 is 23.5 Å². The van der Waals surface area contributed by atoms with Gasteiger partial charge in [-0.2, -0.15) is 0 Å². The van der Waals surface area contributed by atoms with Crippen molar-refractivity contribution in [3.63, 3.8) is 0 Å². The van der Waals surface area contributed by atoms with E-state index in [2.05, 4.69) is 37.1 Å². The van der Waals surface area contributed by atoms with Crippen LogP contribution in [0.1, 0.15) is 5.56 Å². The minimum absolute atomic E-state index is 0.260. The molecule has 0 radical (unpaired) electrons. The average Bonchev–Trinajstić information content (AvgIpc) is 2.54. The second-order valence-corrected chi connectivity index (χ2v) is 6.20. The predicted octanol–water partition coefficient (Wildman–Crippen LogP) is 4.79. The number of carbonyl (C=O) groups is 1. The Labute approximate surface area is 133 Å². The molecule has 0 unspecified atom stereocenters. The summed E-state index contributed by atoms with van der Waals surface area (Å²) in [6, 6.07) is 16.3. The van der Waals surface area contributed by atoms with Crippen LogP contribution in [0, 0.1) is 0 Å². The molecule has 108 valence electrons. The smallest absolute Gasteiger partial charge is 0.330 e. The summed E-state index contributed by atoms with van der Waals surface area (Å²) in [5.74, 6) is -0.404. The number of hydrogen-bond acceptors (Lipinski definition) is 4. The SMILES string of the molecule is C=CC(=O)OCc1ccccc1Sc1cccc(SC)c1. The molecule has 2 aromatic carbocycles. The van der Waals surface area contributed by atoms with Crippen LogP contribution in [-0.2, 0) is 16.1 Å². The predicted molar refractivity (Wildman–Crippen MR) is 88.8 cm³/mol. The Morgan fingerprint density at radius 2 is 1.95 bits per heavy atom. The van der Waals surface area contributed by atoms with E-state index in [0.29, 0.717) is 0 Å². The molecule has 4 heteroatoms. The molecular weight excluding hydrogens is 300 g/mol. The first-order valence-corrected chi connectivity index (χ1v) is 8.46. The first-order chi connectivity index (χ1) is 10.2. The van der Waals surface area contributed by atoms with Crippen LogP contribution in [0.5, 0.6) is 0 Å². The standard InChI is InChI=1S/C17H16O2S2/c1-3-17(18)19-12-13-7-4-5-10-16(13)21-15-9-6-8-14(11-15)20-2/h3-11H,1,12H2,2H3. The fraction of sp³-hybridized carbons (Fsp3) is 0.118. The van der Waals surface area contributed by atoms with Gasteiger partial charge >= 0.3 is 5.97 Å². The molecule has 2 rings (SSSR count). The quantitative estimate of drug-likeness (QED) is 0.435. The van der Waals surface area contributed by atoms with Crippen LogP contribution in [0.15, 0.2) is 75.9 Å². The van der Waals surface area contributed by atoms with E-state index < -0.39 is 5.97 Å². The topological polar surface area (TPSA) is 26.3 Å². The molecule has 0 atom stereocenters. The normalized spacial score (nSPS) is 10.1. The Morgan fingerprint density at radius 1 is 1.19 bits per heavy atom. The Bertz CT molecular complexity index is 638. The summed E-state index contributed by atoms with van der Waals surface area (Å²) in [6.45, 7) is 3.66. The maximum atomic E-state index is 11.2. The van der Waals surface area contributed by atoms with E-state index in [1.54, 1.807) is 23.5 Å². The molecule has 0 fully saturated rings. The van der Waals surface area contributed by atoms with Crippen molar-refractivity contribution in [2.45, 2.75) is 21.3 Å². The van der Waals surface area contributed by atoms with Gasteiger partial charge in [-0.05, 0) is 30.5 Å². The molecule has 0 spiro atoms. The number of hydrogen-bond donors (Lipinski definition) is 0. The number of esters is 1. The van der Waals surface area contributed by atoms with E-state index in [0.717, 1.165) is 10.5 Å². The van der Waals surface area contributed by atoms with Crippen LogP contribution in [0.2, 0.25) is 0 Å². The Kier molecular flexibility index (Phi) is 5.96. The number of ether oxygens (including phenoxy) is 1. The van der Waals surface area contributed by atoms with E-state index in [1.165, 1.54) is 15.9 Å². The summed E-state index contributed by atoms with van der Waals surface area (Å²) in [5, 5.41) is 0. The molecule has 0 amide bonds. The van der Waals surface area contributed by atoms with Gasteiger partial charge in [-0.15, -0.1) is 11.8 Å². The van der Waals surface area contributed by atoms with Gasteiger partial charge < -0.3 is 4.74 Å². The molecule has 0 N–H and O–H groups in total. The van der Waals surface area contributed by atoms with Gasteiger partial charge in [0.05, 0.1) is 0 Å². The number of rotatable bonds is 6. The van der Waals surface area contributed by atoms with Crippen molar-refractivity contribution in [1.29, 1.82) is 0 Å². The lowest BCUT2D eigenvalue weighted by molar-refractivity contribution is -0.139. The molecule has 0 saturated heterocycles. The van der Waals surface area contributed by atoms with Crippen molar-refractivity contribution < 1.29 is 9.53 Å². The first-order valence-electron chi connectivity index (χ1n) is 6.42. The van der Waals surface area contributed by atoms with Gasteiger partial charge in [-0.25, -0.2) is 4.79 Å². The van der Waals surface area contributed by atoms with E-state index in [1.807, 2.05) is 24.3 Å². The minimum atomic E-state index is -0.404. The zero-order valence-electron chi connectivity index (χ0n) is 11.7. The van der Waals surface area contributed by atoms with Gasteiger partial charge in [0.1, 0.15) is 6.61 Å². The minimum Gasteiger partial charge on any atom is -0.458 e. The fourth-order valence-corrected chi connectivity index (χ4v) is 3.25. The zero-order valence-corrected chi connectivity index (χ0v) is 13.4. The Hall–Kier alpha value is -1.65. The third kappa shape index (κ3) is 4.69. The molecule has 0 bridgehead atoms. The van der Waals surface area contributed by atoms with Crippen LogP contribution in [-0.4, -0.2) is 12.2 Å². The molecular formula is C17H16O2S2. The van der Waals surface area contributed by atoms with Crippen LogP contribution < -0.4 is 0 Å². The second-order valence-electron chi connectivity index (χ2n) is 4.20. The first kappa shape index (κ1) is 15.7. The Balaban J connectivity index is 2.15. The van der Waals surface area contributed by atoms with Crippen molar-refractivity contribution in [2.24, 2.45) is 0 Å². The lowest BCUT2D eigenvalue weighted by Crippen LogP contribution is -2.01. The molecule has 0 saturated carbocycles. The molecule has 0 aliphatic heterocycles. The summed E-state index contributed by atoms with van der Waals surface area (Å²) in [6.07, 6.45) is 3.24. The van der Waals surface area contributed by atoms with Gasteiger partial charge in [-0.1, -0.05) is 42.6 Å². The van der Waals surface area contributed by atoms with Gasteiger partial charge in [0.25, 0.3) is 0 Å². The molecule has 0 aromatic heterocycles. The van der Waals surface area contributed by atoms with Crippen LogP contribution in [0.4, 0.5) is 0 Å². The van der Waals surface area contributed by atoms with Crippen molar-refractivity contribution >= 4 is 29.5 Å². The lowest BCUT2D eigenvalue weighted by atomic mass is 10.2. The zero-order chi connectivity index (χ0) is 15.1. The van der Waals surface area contributed by atoms with E-state index in [4.69, 9.17) is 4.74 Å². The summed E-state index contributed by atoms with van der Waals surface area (Å²) in [7, 11) is 0. The highest BCUT2D eigenvalue weighted by molar-refractivity contribution is 7.99. The molecule has 2 aromatic rings. The maximum absolute atomic E-state index is 11.2. The third-order valence-electron chi connectivity index (χ3n) is 2.78. The molecule has 0 heterocycles. The van der Waals surface area contributed by atoms with E-state index >= 15 is 0 Å². The molecule has 21 heavy (non-hydrogen) atoms. The summed E-state index contributed by atoms with van der Waals surface area (Å²) >= 11 is 3.39. The maximum Gasteiger partial charge on any atom is 0.330 e. The summed E-state index contributed by atoms with van der Waals surface area (Å²) in [4.78, 5) is 14.7. The van der Waals surface area contributed by atoms with Crippen molar-refractivity contribution in [3.8, 4) is 0 Å². The van der Waals surface area contributed by atoms with Gasteiger partial charge in [0.2, 0.25) is 0 Å². The number of thioether (sulfide) groups is 1. The molecule has 2 nitrogen and oxygen atoms in total. The van der Waals surface area contributed by atoms with Gasteiger partial charge in [0, 0.05) is 26.3 Å². The second kappa shape index (κ2) is 7.96. The number of benzene rings is 2. The van der Waals surface area contributed by atoms with Crippen molar-refractivity contribution in [2.75, 3.05) is 6.26 Å². The van der Waals surface area contributed by atoms with E-state index in [9.17, 15) is 4.79 Å². The largest absolute Gasteiger partial charge is 0.458 e. The van der Waals surface area contributed by atoms with Crippen molar-refractivity contribution in [3.05, 3.63) is 66.7 Å². The molecule has 0 aliphatic rings. The number of carbonyl (C=O) groups excluding carboxylic acids is 1. The third-order valence-corrected chi connectivity index (χ3v) is 4.61. The summed E-state index contributed by atoms with van der Waals surface area (Å²) < 4.78 is 5.13.